The zero-order valence-corrected chi connectivity index (χ0v) is 19.9. The van der Waals surface area contributed by atoms with Crippen LogP contribution < -0.4 is 5.32 Å². The smallest absolute Gasteiger partial charge is 0.327 e. The van der Waals surface area contributed by atoms with E-state index in [1.54, 1.807) is 12.1 Å². The Kier molecular flexibility index (Phi) is 6.17. The number of amides is 2. The molecule has 3 aromatic carbocycles. The normalized spacial score (nSPS) is 25.5. The lowest BCUT2D eigenvalue weighted by Crippen LogP contribution is -2.57. The van der Waals surface area contributed by atoms with Gasteiger partial charge in [-0.15, -0.1) is 0 Å². The highest BCUT2D eigenvalue weighted by atomic mass is 35.5. The topological polar surface area (TPSA) is 75.7 Å². The molecule has 0 unspecified atom stereocenters. The third-order valence-electron chi connectivity index (χ3n) is 7.03. The first-order chi connectivity index (χ1) is 16.9. The summed E-state index contributed by atoms with van der Waals surface area (Å²) in [6.07, 6.45) is 0.212. The highest BCUT2D eigenvalue weighted by Gasteiger charge is 2.68. The number of esters is 1. The molecule has 2 heterocycles. The Morgan fingerprint density at radius 2 is 1.51 bits per heavy atom. The molecule has 0 radical (unpaired) electrons. The molecular formula is C28H25ClN2O4. The zero-order valence-electron chi connectivity index (χ0n) is 19.2. The molecule has 5 rings (SSSR count). The number of hydrogen-bond acceptors (Lipinski definition) is 5. The fraction of sp³-hybridized carbons (Fsp3) is 0.250. The number of rotatable bonds is 6. The molecule has 6 nitrogen and oxygen atoms in total. The van der Waals surface area contributed by atoms with Crippen LogP contribution in [0.4, 0.5) is 0 Å². The second kappa shape index (κ2) is 9.29. The highest BCUT2D eigenvalue weighted by molar-refractivity contribution is 6.30. The van der Waals surface area contributed by atoms with E-state index in [9.17, 15) is 14.4 Å². The number of ether oxygens (including phenoxy) is 1. The molecule has 35 heavy (non-hydrogen) atoms. The lowest BCUT2D eigenvalue weighted by atomic mass is 9.76. The standard InChI is InChI=1S/C28H25ClN2O4/c1-35-27(34)28(16-18-8-4-2-5-9-18)23-22(24(30-28)20-12-14-21(29)15-13-20)25(32)31(26(23)33)17-19-10-6-3-7-11-19/h2-15,22-24,30H,16-17H2,1H3/t22-,23+,24-,28+/m0/s1. The first-order valence-corrected chi connectivity index (χ1v) is 11.9. The Morgan fingerprint density at radius 3 is 2.11 bits per heavy atom. The molecule has 2 aliphatic heterocycles. The van der Waals surface area contributed by atoms with Crippen molar-refractivity contribution in [2.75, 3.05) is 7.11 Å². The zero-order chi connectivity index (χ0) is 24.6. The minimum absolute atomic E-state index is 0.154. The Morgan fingerprint density at radius 1 is 0.914 bits per heavy atom. The number of fused-ring (bicyclic) bond motifs is 1. The molecule has 3 aromatic rings. The van der Waals surface area contributed by atoms with E-state index in [0.717, 1.165) is 16.7 Å². The second-order valence-corrected chi connectivity index (χ2v) is 9.49. The van der Waals surface area contributed by atoms with Gasteiger partial charge in [-0.3, -0.25) is 24.6 Å². The number of carbonyl (C=O) groups is 3. The molecular weight excluding hydrogens is 464 g/mol. The minimum Gasteiger partial charge on any atom is -0.468 e. The van der Waals surface area contributed by atoms with Crippen LogP contribution in [0.2, 0.25) is 5.02 Å². The Labute approximate surface area is 208 Å². The number of nitrogens with one attached hydrogen (secondary N) is 1. The van der Waals surface area contributed by atoms with Crippen molar-refractivity contribution < 1.29 is 19.1 Å². The van der Waals surface area contributed by atoms with Crippen LogP contribution in [-0.4, -0.2) is 35.3 Å². The van der Waals surface area contributed by atoms with Gasteiger partial charge in [-0.25, -0.2) is 0 Å². The lowest BCUT2D eigenvalue weighted by molar-refractivity contribution is -0.154. The maximum Gasteiger partial charge on any atom is 0.327 e. The first kappa shape index (κ1) is 23.3. The van der Waals surface area contributed by atoms with E-state index in [-0.39, 0.29) is 24.8 Å². The molecule has 2 fully saturated rings. The van der Waals surface area contributed by atoms with E-state index in [2.05, 4.69) is 5.32 Å². The summed E-state index contributed by atoms with van der Waals surface area (Å²) in [7, 11) is 1.31. The minimum atomic E-state index is -1.40. The number of likely N-dealkylation sites (tertiary alicyclic amines) is 1. The molecule has 2 amide bonds. The average molecular weight is 489 g/mol. The first-order valence-electron chi connectivity index (χ1n) is 11.5. The second-order valence-electron chi connectivity index (χ2n) is 9.05. The van der Waals surface area contributed by atoms with Crippen molar-refractivity contribution in [3.63, 3.8) is 0 Å². The molecule has 7 heteroatoms. The summed E-state index contributed by atoms with van der Waals surface area (Å²) in [5.74, 6) is -2.89. The van der Waals surface area contributed by atoms with Crippen molar-refractivity contribution in [2.24, 2.45) is 11.8 Å². The molecule has 2 aliphatic rings. The van der Waals surface area contributed by atoms with Gasteiger partial charge in [0.15, 0.2) is 0 Å². The number of benzene rings is 3. The van der Waals surface area contributed by atoms with Crippen molar-refractivity contribution in [3.8, 4) is 0 Å². The van der Waals surface area contributed by atoms with Crippen molar-refractivity contribution in [1.29, 1.82) is 0 Å². The molecule has 2 saturated heterocycles. The van der Waals surface area contributed by atoms with Gasteiger partial charge in [0.1, 0.15) is 5.54 Å². The molecule has 1 N–H and O–H groups in total. The van der Waals surface area contributed by atoms with Crippen molar-refractivity contribution >= 4 is 29.4 Å². The summed E-state index contributed by atoms with van der Waals surface area (Å²) in [6, 6.07) is 25.4. The van der Waals surface area contributed by atoms with Crippen LogP contribution in [0, 0.1) is 11.8 Å². The van der Waals surface area contributed by atoms with E-state index in [1.165, 1.54) is 12.0 Å². The van der Waals surface area contributed by atoms with E-state index < -0.39 is 29.4 Å². The van der Waals surface area contributed by atoms with E-state index in [1.807, 2.05) is 72.8 Å². The van der Waals surface area contributed by atoms with Gasteiger partial charge in [0.2, 0.25) is 11.8 Å². The summed E-state index contributed by atoms with van der Waals surface area (Å²) in [5, 5.41) is 3.96. The molecule has 0 spiro atoms. The third kappa shape index (κ3) is 4.03. The van der Waals surface area contributed by atoms with Crippen LogP contribution in [0.25, 0.3) is 0 Å². The van der Waals surface area contributed by atoms with Crippen LogP contribution in [0.5, 0.6) is 0 Å². The van der Waals surface area contributed by atoms with Gasteiger partial charge < -0.3 is 4.74 Å². The maximum atomic E-state index is 13.9. The lowest BCUT2D eigenvalue weighted by Gasteiger charge is -2.32. The fourth-order valence-corrected chi connectivity index (χ4v) is 5.59. The van der Waals surface area contributed by atoms with Gasteiger partial charge in [-0.05, 0) is 28.8 Å². The van der Waals surface area contributed by atoms with Crippen molar-refractivity contribution in [3.05, 3.63) is 107 Å². The van der Waals surface area contributed by atoms with Crippen LogP contribution in [0.3, 0.4) is 0 Å². The van der Waals surface area contributed by atoms with Gasteiger partial charge in [0.05, 0.1) is 25.5 Å². The Bertz CT molecular complexity index is 1250. The maximum absolute atomic E-state index is 13.9. The van der Waals surface area contributed by atoms with Crippen LogP contribution in [0.1, 0.15) is 22.7 Å². The summed E-state index contributed by atoms with van der Waals surface area (Å²) in [4.78, 5) is 42.4. The van der Waals surface area contributed by atoms with Gasteiger partial charge in [-0.2, -0.15) is 0 Å². The summed E-state index contributed by atoms with van der Waals surface area (Å²) in [5.41, 5.74) is 1.09. The molecule has 178 valence electrons. The largest absolute Gasteiger partial charge is 0.468 e. The number of nitrogens with zero attached hydrogens (tertiary/aromatic N) is 1. The van der Waals surface area contributed by atoms with Crippen LogP contribution >= 0.6 is 11.6 Å². The SMILES string of the molecule is COC(=O)[C@]1(Cc2ccccc2)N[C@@H](c2ccc(Cl)cc2)[C@H]2C(=O)N(Cc3ccccc3)C(=O)[C@@H]21. The van der Waals surface area contributed by atoms with E-state index in [4.69, 9.17) is 16.3 Å². The highest BCUT2D eigenvalue weighted by Crippen LogP contribution is 2.50. The molecule has 0 saturated carbocycles. The molecule has 0 aliphatic carbocycles. The number of imide groups is 1. The van der Waals surface area contributed by atoms with Crippen LogP contribution in [-0.2, 0) is 32.1 Å². The van der Waals surface area contributed by atoms with E-state index >= 15 is 0 Å². The summed E-state index contributed by atoms with van der Waals surface area (Å²) in [6.45, 7) is 0.154. The molecule has 0 bridgehead atoms. The van der Waals surface area contributed by atoms with Gasteiger partial charge in [-0.1, -0.05) is 84.4 Å². The Balaban J connectivity index is 1.62. The van der Waals surface area contributed by atoms with Gasteiger partial charge in [0.25, 0.3) is 0 Å². The third-order valence-corrected chi connectivity index (χ3v) is 7.29. The van der Waals surface area contributed by atoms with Gasteiger partial charge >= 0.3 is 5.97 Å². The summed E-state index contributed by atoms with van der Waals surface area (Å²) >= 11 is 6.11. The summed E-state index contributed by atoms with van der Waals surface area (Å²) < 4.78 is 5.25. The van der Waals surface area contributed by atoms with Crippen molar-refractivity contribution in [1.82, 2.24) is 10.2 Å². The molecule has 0 aromatic heterocycles. The number of carbonyl (C=O) groups excluding carboxylic acids is 3. The average Bonchev–Trinajstić information content (AvgIpc) is 3.35. The van der Waals surface area contributed by atoms with Crippen LogP contribution in [0.15, 0.2) is 84.9 Å². The number of halogens is 1. The monoisotopic (exact) mass is 488 g/mol. The Hall–Kier alpha value is -3.48. The molecule has 4 atom stereocenters. The number of methoxy groups -OCH3 is 1. The van der Waals surface area contributed by atoms with Crippen molar-refractivity contribution in [2.45, 2.75) is 24.5 Å². The number of hydrogen-bond donors (Lipinski definition) is 1. The quantitative estimate of drug-likeness (QED) is 0.420. The van der Waals surface area contributed by atoms with E-state index in [0.29, 0.717) is 5.02 Å². The van der Waals surface area contributed by atoms with Gasteiger partial charge in [0, 0.05) is 17.5 Å². The predicted octanol–water partition coefficient (Wildman–Crippen LogP) is 3.94. The fourth-order valence-electron chi connectivity index (χ4n) is 5.46. The predicted molar refractivity (Wildman–Crippen MR) is 131 cm³/mol.